The van der Waals surface area contributed by atoms with E-state index >= 15 is 0 Å². The minimum Gasteiger partial charge on any atom is -0.316 e. The van der Waals surface area contributed by atoms with Crippen molar-refractivity contribution in [3.63, 3.8) is 0 Å². The molecule has 2 aliphatic rings. The summed E-state index contributed by atoms with van der Waals surface area (Å²) in [6.45, 7) is 7.53. The first-order valence-electron chi connectivity index (χ1n) is 8.01. The van der Waals surface area contributed by atoms with Gasteiger partial charge in [0.2, 0.25) is 0 Å². The molecule has 22 heavy (non-hydrogen) atoms. The molecule has 3 heterocycles. The number of halogens is 2. The Bertz CT molecular complexity index is 476. The van der Waals surface area contributed by atoms with Gasteiger partial charge in [0.25, 0.3) is 0 Å². The SMILES string of the molecule is CC1(CN2CCN(Cc3nccn3C(F)F)CC2)CCNC1. The summed E-state index contributed by atoms with van der Waals surface area (Å²) in [6.07, 6.45) is 4.04. The molecule has 2 aliphatic heterocycles. The van der Waals surface area contributed by atoms with Crippen LogP contribution in [0.3, 0.4) is 0 Å². The van der Waals surface area contributed by atoms with Crippen LogP contribution < -0.4 is 5.32 Å². The maximum atomic E-state index is 12.8. The highest BCUT2D eigenvalue weighted by Crippen LogP contribution is 2.26. The molecule has 1 aromatic heterocycles. The van der Waals surface area contributed by atoms with E-state index in [0.717, 1.165) is 50.4 Å². The highest BCUT2D eigenvalue weighted by Gasteiger charge is 2.31. The topological polar surface area (TPSA) is 36.3 Å². The zero-order valence-electron chi connectivity index (χ0n) is 13.1. The smallest absolute Gasteiger partial charge is 0.316 e. The van der Waals surface area contributed by atoms with E-state index in [4.69, 9.17) is 0 Å². The second-order valence-electron chi connectivity index (χ2n) is 6.82. The maximum Gasteiger partial charge on any atom is 0.319 e. The van der Waals surface area contributed by atoms with Crippen LogP contribution in [0.5, 0.6) is 0 Å². The van der Waals surface area contributed by atoms with Crippen molar-refractivity contribution in [1.29, 1.82) is 0 Å². The standard InChI is InChI=1S/C15H25F2N5/c1-15(2-3-18-11-15)12-21-8-6-20(7-9-21)10-13-19-4-5-22(13)14(16)17/h4-5,14,18H,2-3,6-12H2,1H3. The molecule has 2 saturated heterocycles. The van der Waals surface area contributed by atoms with E-state index in [1.54, 1.807) is 0 Å². The van der Waals surface area contributed by atoms with Crippen molar-refractivity contribution >= 4 is 0 Å². The highest BCUT2D eigenvalue weighted by molar-refractivity contribution is 4.94. The van der Waals surface area contributed by atoms with Crippen molar-refractivity contribution in [2.45, 2.75) is 26.4 Å². The van der Waals surface area contributed by atoms with E-state index in [0.29, 0.717) is 17.8 Å². The van der Waals surface area contributed by atoms with Gasteiger partial charge in [0.05, 0.1) is 6.54 Å². The molecule has 0 aliphatic carbocycles. The summed E-state index contributed by atoms with van der Waals surface area (Å²) in [5, 5.41) is 3.44. The third-order valence-electron chi connectivity index (χ3n) is 4.85. The number of hydrogen-bond donors (Lipinski definition) is 1. The first-order chi connectivity index (χ1) is 10.6. The summed E-state index contributed by atoms with van der Waals surface area (Å²) in [5.41, 5.74) is 0.383. The van der Waals surface area contributed by atoms with Crippen LogP contribution >= 0.6 is 0 Å². The Morgan fingerprint density at radius 3 is 2.64 bits per heavy atom. The van der Waals surface area contributed by atoms with Gasteiger partial charge in [0.1, 0.15) is 5.82 Å². The molecule has 124 valence electrons. The van der Waals surface area contributed by atoms with E-state index in [1.165, 1.54) is 18.8 Å². The largest absolute Gasteiger partial charge is 0.319 e. The molecule has 1 N–H and O–H groups in total. The zero-order chi connectivity index (χ0) is 15.6. The van der Waals surface area contributed by atoms with Gasteiger partial charge in [0, 0.05) is 51.7 Å². The van der Waals surface area contributed by atoms with Crippen LogP contribution in [0.1, 0.15) is 25.7 Å². The Kier molecular flexibility index (Phi) is 4.75. The molecule has 0 saturated carbocycles. The van der Waals surface area contributed by atoms with Crippen molar-refractivity contribution in [3.05, 3.63) is 18.2 Å². The lowest BCUT2D eigenvalue weighted by atomic mass is 9.89. The lowest BCUT2D eigenvalue weighted by Crippen LogP contribution is -2.49. The second kappa shape index (κ2) is 6.60. The summed E-state index contributed by atoms with van der Waals surface area (Å²) in [5.74, 6) is 0.454. The van der Waals surface area contributed by atoms with Gasteiger partial charge in [-0.3, -0.25) is 9.47 Å². The number of rotatable bonds is 5. The number of piperazine rings is 1. The van der Waals surface area contributed by atoms with Crippen LogP contribution in [0.2, 0.25) is 0 Å². The predicted molar refractivity (Wildman–Crippen MR) is 80.8 cm³/mol. The van der Waals surface area contributed by atoms with Gasteiger partial charge >= 0.3 is 6.55 Å². The highest BCUT2D eigenvalue weighted by atomic mass is 19.3. The fourth-order valence-corrected chi connectivity index (χ4v) is 3.49. The molecule has 1 unspecified atom stereocenters. The van der Waals surface area contributed by atoms with Crippen molar-refractivity contribution in [2.75, 3.05) is 45.8 Å². The maximum absolute atomic E-state index is 12.8. The molecule has 0 radical (unpaired) electrons. The van der Waals surface area contributed by atoms with Gasteiger partial charge in [-0.05, 0) is 18.4 Å². The number of imidazole rings is 1. The average Bonchev–Trinajstić information content (AvgIpc) is 3.10. The molecule has 1 atom stereocenters. The second-order valence-corrected chi connectivity index (χ2v) is 6.82. The van der Waals surface area contributed by atoms with Gasteiger partial charge in [0.15, 0.2) is 0 Å². The first-order valence-corrected chi connectivity index (χ1v) is 8.01. The molecule has 0 aromatic carbocycles. The minimum atomic E-state index is -2.51. The van der Waals surface area contributed by atoms with Crippen molar-refractivity contribution in [3.8, 4) is 0 Å². The van der Waals surface area contributed by atoms with Crippen molar-refractivity contribution in [1.82, 2.24) is 24.7 Å². The zero-order valence-corrected chi connectivity index (χ0v) is 13.1. The number of hydrogen-bond acceptors (Lipinski definition) is 4. The normalized spacial score (nSPS) is 27.8. The van der Waals surface area contributed by atoms with E-state index in [9.17, 15) is 8.78 Å². The lowest BCUT2D eigenvalue weighted by Gasteiger charge is -2.38. The molecular weight excluding hydrogens is 288 g/mol. The summed E-state index contributed by atoms with van der Waals surface area (Å²) in [7, 11) is 0. The average molecular weight is 313 g/mol. The van der Waals surface area contributed by atoms with Crippen LogP contribution in [0.15, 0.2) is 12.4 Å². The minimum absolute atomic E-state index is 0.383. The number of alkyl halides is 2. The van der Waals surface area contributed by atoms with Gasteiger partial charge in [-0.25, -0.2) is 4.98 Å². The van der Waals surface area contributed by atoms with Crippen molar-refractivity contribution in [2.24, 2.45) is 5.41 Å². The molecule has 0 amide bonds. The number of nitrogens with one attached hydrogen (secondary N) is 1. The Hall–Kier alpha value is -1.05. The summed E-state index contributed by atoms with van der Waals surface area (Å²) >= 11 is 0. The van der Waals surface area contributed by atoms with E-state index in [1.807, 2.05) is 0 Å². The molecule has 0 spiro atoms. The van der Waals surface area contributed by atoms with Crippen LogP contribution in [-0.4, -0.2) is 65.2 Å². The molecule has 0 bridgehead atoms. The predicted octanol–water partition coefficient (Wildman–Crippen LogP) is 1.40. The fourth-order valence-electron chi connectivity index (χ4n) is 3.49. The quantitative estimate of drug-likeness (QED) is 0.891. The summed E-state index contributed by atoms with van der Waals surface area (Å²) in [4.78, 5) is 8.78. The molecule has 5 nitrogen and oxygen atoms in total. The van der Waals surface area contributed by atoms with Crippen LogP contribution in [0.4, 0.5) is 8.78 Å². The van der Waals surface area contributed by atoms with Crippen LogP contribution in [0, 0.1) is 5.41 Å². The molecule has 3 rings (SSSR count). The first kappa shape index (κ1) is 15.8. The monoisotopic (exact) mass is 313 g/mol. The third kappa shape index (κ3) is 3.64. The van der Waals surface area contributed by atoms with Gasteiger partial charge < -0.3 is 10.2 Å². The van der Waals surface area contributed by atoms with E-state index < -0.39 is 6.55 Å². The summed E-state index contributed by atoms with van der Waals surface area (Å²) in [6, 6.07) is 0. The molecule has 1 aromatic rings. The lowest BCUT2D eigenvalue weighted by molar-refractivity contribution is 0.0579. The Balaban J connectivity index is 1.48. The molecular formula is C15H25F2N5. The molecule has 7 heteroatoms. The van der Waals surface area contributed by atoms with Gasteiger partial charge in [-0.15, -0.1) is 0 Å². The molecule has 2 fully saturated rings. The van der Waals surface area contributed by atoms with Crippen LogP contribution in [0.25, 0.3) is 0 Å². The fraction of sp³-hybridized carbons (Fsp3) is 0.800. The van der Waals surface area contributed by atoms with E-state index in [-0.39, 0.29) is 0 Å². The Morgan fingerprint density at radius 2 is 2.00 bits per heavy atom. The van der Waals surface area contributed by atoms with E-state index in [2.05, 4.69) is 27.0 Å². The van der Waals surface area contributed by atoms with Gasteiger partial charge in [-0.1, -0.05) is 6.92 Å². The Morgan fingerprint density at radius 1 is 1.27 bits per heavy atom. The number of aromatic nitrogens is 2. The summed E-state index contributed by atoms with van der Waals surface area (Å²) < 4.78 is 26.6. The van der Waals surface area contributed by atoms with Gasteiger partial charge in [-0.2, -0.15) is 8.78 Å². The van der Waals surface area contributed by atoms with Crippen LogP contribution in [-0.2, 0) is 6.54 Å². The van der Waals surface area contributed by atoms with Crippen molar-refractivity contribution < 1.29 is 8.78 Å². The Labute approximate surface area is 130 Å². The number of nitrogens with zero attached hydrogens (tertiary/aromatic N) is 4. The third-order valence-corrected chi connectivity index (χ3v) is 4.85.